The summed E-state index contributed by atoms with van der Waals surface area (Å²) in [5.41, 5.74) is 20.9. The van der Waals surface area contributed by atoms with Crippen molar-refractivity contribution < 1.29 is 0 Å². The van der Waals surface area contributed by atoms with E-state index in [0.717, 1.165) is 0 Å². The monoisotopic (exact) mass is 898 g/mol. The van der Waals surface area contributed by atoms with Gasteiger partial charge in [-0.3, -0.25) is 0 Å². The van der Waals surface area contributed by atoms with Crippen LogP contribution in [0.3, 0.4) is 0 Å². The van der Waals surface area contributed by atoms with Crippen LogP contribution in [0.5, 0.6) is 0 Å². The molecule has 1 saturated carbocycles. The highest BCUT2D eigenvalue weighted by molar-refractivity contribution is 6.25. The number of benzene rings is 11. The van der Waals surface area contributed by atoms with Crippen molar-refractivity contribution in [3.63, 3.8) is 0 Å². The molecule has 0 aromatic heterocycles. The van der Waals surface area contributed by atoms with Gasteiger partial charge in [0.05, 0.1) is 5.41 Å². The van der Waals surface area contributed by atoms with Gasteiger partial charge in [0.1, 0.15) is 0 Å². The molecule has 0 aliphatic heterocycles. The van der Waals surface area contributed by atoms with E-state index >= 15 is 0 Å². The van der Waals surface area contributed by atoms with Gasteiger partial charge < -0.3 is 0 Å². The zero-order valence-corrected chi connectivity index (χ0v) is 40.6. The number of rotatable bonds is 3. The summed E-state index contributed by atoms with van der Waals surface area (Å²) < 4.78 is 0. The van der Waals surface area contributed by atoms with Crippen LogP contribution in [0.25, 0.3) is 65.7 Å². The third-order valence-corrected chi connectivity index (χ3v) is 15.9. The van der Waals surface area contributed by atoms with Crippen LogP contribution in [0.15, 0.2) is 237 Å². The highest BCUT2D eigenvalue weighted by Gasteiger charge is 2.46. The van der Waals surface area contributed by atoms with Crippen LogP contribution in [-0.4, -0.2) is 0 Å². The van der Waals surface area contributed by atoms with Crippen LogP contribution in [-0.2, 0) is 10.8 Å². The molecule has 11 aromatic rings. The van der Waals surface area contributed by atoms with Gasteiger partial charge in [-0.2, -0.15) is 0 Å². The van der Waals surface area contributed by atoms with Crippen molar-refractivity contribution in [1.82, 2.24) is 0 Å². The molecule has 1 fully saturated rings. The first kappa shape index (κ1) is 43.5. The average Bonchev–Trinajstić information content (AvgIpc) is 3.86. The predicted octanol–water partition coefficient (Wildman–Crippen LogP) is 18.7. The van der Waals surface area contributed by atoms with Crippen LogP contribution in [0.1, 0.15) is 82.2 Å². The molecule has 0 saturated heterocycles. The summed E-state index contributed by atoms with van der Waals surface area (Å²) in [5.74, 6) is 0. The molecule has 3 aliphatic carbocycles. The highest BCUT2D eigenvalue weighted by atomic mass is 14.5. The Morgan fingerprint density at radius 3 is 1.39 bits per heavy atom. The van der Waals surface area contributed by atoms with E-state index in [0.29, 0.717) is 0 Å². The fraction of sp³-hybridized carbons (Fsp3) is 0.143. The molecule has 3 aliphatic rings. The minimum atomic E-state index is -0.263. The van der Waals surface area contributed by atoms with Gasteiger partial charge >= 0.3 is 0 Å². The lowest BCUT2D eigenvalue weighted by Gasteiger charge is -2.36. The second-order valence-corrected chi connectivity index (χ2v) is 20.0. The van der Waals surface area contributed by atoms with E-state index in [1.54, 1.807) is 11.1 Å². The Kier molecular flexibility index (Phi) is 11.1. The van der Waals surface area contributed by atoms with Crippen molar-refractivity contribution in [3.8, 4) is 33.4 Å². The summed E-state index contributed by atoms with van der Waals surface area (Å²) in [5, 5.41) is 8.08. The first-order valence-corrected chi connectivity index (χ1v) is 25.4. The van der Waals surface area contributed by atoms with Crippen LogP contribution >= 0.6 is 0 Å². The molecule has 0 amide bonds. The molecule has 0 radical (unpaired) electrons. The van der Waals surface area contributed by atoms with Crippen LogP contribution in [0, 0.1) is 20.8 Å². The number of hydrogen-bond donors (Lipinski definition) is 0. The summed E-state index contributed by atoms with van der Waals surface area (Å²) in [6.07, 6.45) is 6.69. The van der Waals surface area contributed by atoms with Gasteiger partial charge in [-0.05, 0) is 133 Å². The zero-order valence-electron chi connectivity index (χ0n) is 40.6. The van der Waals surface area contributed by atoms with E-state index in [1.165, 1.54) is 137 Å². The third kappa shape index (κ3) is 7.11. The Morgan fingerprint density at radius 2 is 0.743 bits per heavy atom. The van der Waals surface area contributed by atoms with Gasteiger partial charge in [-0.25, -0.2) is 0 Å². The smallest absolute Gasteiger partial charge is 0.0622 e. The Labute approximate surface area is 414 Å². The van der Waals surface area contributed by atoms with E-state index in [-0.39, 0.29) is 10.8 Å². The summed E-state index contributed by atoms with van der Waals surface area (Å²) in [7, 11) is 0. The quantitative estimate of drug-likeness (QED) is 0.155. The molecule has 0 bridgehead atoms. The highest BCUT2D eigenvalue weighted by Crippen LogP contribution is 2.58. The lowest BCUT2D eigenvalue weighted by atomic mass is 9.67. The molecule has 0 nitrogen and oxygen atoms in total. The second kappa shape index (κ2) is 17.9. The molecule has 0 atom stereocenters. The molecule has 0 heteroatoms. The topological polar surface area (TPSA) is 0 Å². The van der Waals surface area contributed by atoms with Crippen molar-refractivity contribution in [1.29, 1.82) is 0 Å². The molecular formula is C70H58. The van der Waals surface area contributed by atoms with E-state index in [1.807, 2.05) is 0 Å². The van der Waals surface area contributed by atoms with E-state index in [2.05, 4.69) is 257 Å². The average molecular weight is 899 g/mol. The zero-order chi connectivity index (χ0) is 47.2. The molecule has 0 heterocycles. The molecule has 1 spiro atoms. The van der Waals surface area contributed by atoms with E-state index in [9.17, 15) is 0 Å². The maximum Gasteiger partial charge on any atom is 0.0713 e. The molecule has 338 valence electrons. The summed E-state index contributed by atoms with van der Waals surface area (Å²) in [4.78, 5) is 0. The normalized spacial score (nSPS) is 14.4. The van der Waals surface area contributed by atoms with Crippen molar-refractivity contribution in [2.24, 2.45) is 0 Å². The van der Waals surface area contributed by atoms with Gasteiger partial charge in [-0.15, -0.1) is 0 Å². The van der Waals surface area contributed by atoms with Crippen molar-refractivity contribution >= 4 is 32.3 Å². The Hall–Kier alpha value is -7.80. The molecule has 11 aromatic carbocycles. The Balaban J connectivity index is 0.000000110. The van der Waals surface area contributed by atoms with Crippen molar-refractivity contribution in [3.05, 3.63) is 287 Å². The summed E-state index contributed by atoms with van der Waals surface area (Å²) in [6.45, 7) is 6.50. The summed E-state index contributed by atoms with van der Waals surface area (Å²) in [6, 6.07) is 86.9. The number of hydrogen-bond acceptors (Lipinski definition) is 0. The van der Waals surface area contributed by atoms with Crippen molar-refractivity contribution in [2.75, 3.05) is 0 Å². The van der Waals surface area contributed by atoms with Crippen molar-refractivity contribution in [2.45, 2.75) is 63.7 Å². The standard InChI is InChI=1S/C26H20.C25H24.C19H14/c1-19-16-17-23-22-14-8-9-15-24(22)26(25(23)18-19,20-10-4-2-5-11-20)21-12-6-3-7-13-21;1-18-12-14-19(15-13-18)20-9-7-11-23-24(20)21-8-3-4-10-22(21)25(23)16-5-2-6-17-25;1-13-10-11-18-16-8-3-2-6-14(16)15-7-4-5-9-17(15)19(18)12-13/h2-18H,1H3;3-4,7-15H,2,5-6,16-17H2,1H3;2-12H,1H3. The van der Waals surface area contributed by atoms with Gasteiger partial charge in [0.15, 0.2) is 0 Å². The minimum absolute atomic E-state index is 0.255. The maximum atomic E-state index is 2.40. The summed E-state index contributed by atoms with van der Waals surface area (Å²) >= 11 is 0. The Bertz CT molecular complexity index is 3630. The molecule has 0 unspecified atom stereocenters. The second-order valence-electron chi connectivity index (χ2n) is 20.0. The number of aryl methyl sites for hydroxylation is 3. The van der Waals surface area contributed by atoms with Gasteiger partial charge in [0, 0.05) is 5.41 Å². The molecule has 14 rings (SSSR count). The van der Waals surface area contributed by atoms with Gasteiger partial charge in [0.2, 0.25) is 0 Å². The molecular weight excluding hydrogens is 841 g/mol. The SMILES string of the molecule is Cc1ccc(-c2cccc3c2-c2ccccc2C32CCCCC2)cc1.Cc1ccc2c(c1)C(c1ccccc1)(c1ccccc1)c1ccccc1-2.Cc1ccc2c3ccccc3c3ccccc3c2c1. The van der Waals surface area contributed by atoms with Gasteiger partial charge in [0.25, 0.3) is 0 Å². The first-order valence-electron chi connectivity index (χ1n) is 25.4. The lowest BCUT2D eigenvalue weighted by Crippen LogP contribution is -2.28. The van der Waals surface area contributed by atoms with E-state index < -0.39 is 0 Å². The first-order chi connectivity index (χ1) is 34.5. The van der Waals surface area contributed by atoms with E-state index in [4.69, 9.17) is 0 Å². The molecule has 0 N–H and O–H groups in total. The largest absolute Gasteiger partial charge is 0.0713 e. The lowest BCUT2D eigenvalue weighted by molar-refractivity contribution is 0.353. The molecule has 70 heavy (non-hydrogen) atoms. The predicted molar refractivity (Wildman–Crippen MR) is 298 cm³/mol. The minimum Gasteiger partial charge on any atom is -0.0622 e. The van der Waals surface area contributed by atoms with Gasteiger partial charge in [-0.1, -0.05) is 273 Å². The fourth-order valence-corrected chi connectivity index (χ4v) is 12.8. The Morgan fingerprint density at radius 1 is 0.286 bits per heavy atom. The fourth-order valence-electron chi connectivity index (χ4n) is 12.8. The van der Waals surface area contributed by atoms with Crippen LogP contribution in [0.2, 0.25) is 0 Å². The number of fused-ring (bicyclic) bond motifs is 14. The third-order valence-electron chi connectivity index (χ3n) is 15.9. The maximum absolute atomic E-state index is 2.40. The van der Waals surface area contributed by atoms with Crippen LogP contribution < -0.4 is 0 Å². The van der Waals surface area contributed by atoms with Crippen LogP contribution in [0.4, 0.5) is 0 Å².